The minimum Gasteiger partial charge on any atom is -0.366 e. The molecule has 1 fully saturated rings. The van der Waals surface area contributed by atoms with Crippen LogP contribution in [0, 0.1) is 0 Å². The van der Waals surface area contributed by atoms with Crippen molar-refractivity contribution in [2.45, 2.75) is 51.5 Å². The molecule has 0 bridgehead atoms. The molecule has 9 heteroatoms. The number of nitrogens with zero attached hydrogens (tertiary/aromatic N) is 5. The highest BCUT2D eigenvalue weighted by atomic mass is 32.2. The standard InChI is InChI=1S/C27H32N6O2S/c1-3-20-7-9-24(10-8-20)36(34,35)32-14-11-23(12-15-32)25-16-26(29-18-21-6-5-13-28-17-21)33-27(31-25)22(4-2)19-30-33/h4-7,9,13,16-17,19,23,29H,2-3,8,10-12,14-15,18H2,1H3. The highest BCUT2D eigenvalue weighted by Crippen LogP contribution is 2.33. The molecule has 0 aromatic carbocycles. The summed E-state index contributed by atoms with van der Waals surface area (Å²) in [5, 5.41) is 7.97. The molecule has 0 amide bonds. The van der Waals surface area contributed by atoms with Crippen LogP contribution in [0.4, 0.5) is 5.82 Å². The fourth-order valence-electron chi connectivity index (χ4n) is 4.90. The van der Waals surface area contributed by atoms with Gasteiger partial charge >= 0.3 is 0 Å². The third-order valence-corrected chi connectivity index (χ3v) is 9.18. The molecule has 8 nitrogen and oxygen atoms in total. The van der Waals surface area contributed by atoms with Gasteiger partial charge in [-0.1, -0.05) is 37.3 Å². The number of nitrogens with one attached hydrogen (secondary N) is 1. The zero-order valence-corrected chi connectivity index (χ0v) is 21.4. The predicted octanol–water partition coefficient (Wildman–Crippen LogP) is 4.90. The van der Waals surface area contributed by atoms with E-state index in [-0.39, 0.29) is 5.92 Å². The molecule has 1 saturated heterocycles. The number of rotatable bonds is 8. The second kappa shape index (κ2) is 10.4. The van der Waals surface area contributed by atoms with Crippen molar-refractivity contribution in [2.75, 3.05) is 18.4 Å². The summed E-state index contributed by atoms with van der Waals surface area (Å²) >= 11 is 0. The van der Waals surface area contributed by atoms with Gasteiger partial charge in [0.2, 0.25) is 10.0 Å². The van der Waals surface area contributed by atoms with E-state index < -0.39 is 10.0 Å². The first-order valence-electron chi connectivity index (χ1n) is 12.5. The van der Waals surface area contributed by atoms with Crippen LogP contribution in [0.3, 0.4) is 0 Å². The number of allylic oxidation sites excluding steroid dienone is 4. The molecule has 5 rings (SSSR count). The summed E-state index contributed by atoms with van der Waals surface area (Å²) in [6.07, 6.45) is 14.7. The molecule has 36 heavy (non-hydrogen) atoms. The number of hydrogen-bond acceptors (Lipinski definition) is 6. The maximum Gasteiger partial charge on any atom is 0.239 e. The number of aromatic nitrogens is 4. The maximum atomic E-state index is 13.3. The summed E-state index contributed by atoms with van der Waals surface area (Å²) in [6, 6.07) is 5.98. The van der Waals surface area contributed by atoms with E-state index in [9.17, 15) is 8.42 Å². The highest BCUT2D eigenvalue weighted by Gasteiger charge is 2.32. The average molecular weight is 505 g/mol. The van der Waals surface area contributed by atoms with Gasteiger partial charge in [0.15, 0.2) is 5.65 Å². The summed E-state index contributed by atoms with van der Waals surface area (Å²) in [6.45, 7) is 7.61. The van der Waals surface area contributed by atoms with Gasteiger partial charge in [0.05, 0.1) is 11.1 Å². The quantitative estimate of drug-likeness (QED) is 0.469. The Morgan fingerprint density at radius 3 is 2.69 bits per heavy atom. The molecule has 0 radical (unpaired) electrons. The molecular formula is C27H32N6O2S. The lowest BCUT2D eigenvalue weighted by molar-refractivity contribution is 0.318. The summed E-state index contributed by atoms with van der Waals surface area (Å²) in [4.78, 5) is 9.65. The van der Waals surface area contributed by atoms with E-state index in [1.54, 1.807) is 33.4 Å². The summed E-state index contributed by atoms with van der Waals surface area (Å²) in [5.41, 5.74) is 4.93. The van der Waals surface area contributed by atoms with E-state index in [0.29, 0.717) is 31.0 Å². The van der Waals surface area contributed by atoms with Crippen LogP contribution in [0.5, 0.6) is 0 Å². The van der Waals surface area contributed by atoms with Gasteiger partial charge in [-0.05, 0) is 49.8 Å². The molecule has 4 heterocycles. The first kappa shape index (κ1) is 24.4. The van der Waals surface area contributed by atoms with E-state index in [2.05, 4.69) is 28.9 Å². The molecular weight excluding hydrogens is 472 g/mol. The average Bonchev–Trinajstić information content (AvgIpc) is 3.35. The van der Waals surface area contributed by atoms with Crippen molar-refractivity contribution in [3.05, 3.63) is 82.8 Å². The van der Waals surface area contributed by atoms with E-state index in [1.165, 1.54) is 5.57 Å². The zero-order valence-electron chi connectivity index (χ0n) is 20.6. The van der Waals surface area contributed by atoms with Gasteiger partial charge in [-0.2, -0.15) is 13.9 Å². The molecule has 188 valence electrons. The Hall–Kier alpha value is -3.30. The minimum atomic E-state index is -3.42. The SMILES string of the molecule is C=Cc1cnn2c(NCc3cccnc3)cc(C3CCN(S(=O)(=O)C4=CC=C(CC)CC4)CC3)nc12. The van der Waals surface area contributed by atoms with Crippen molar-refractivity contribution in [3.8, 4) is 0 Å². The van der Waals surface area contributed by atoms with Gasteiger partial charge < -0.3 is 5.32 Å². The number of hydrogen-bond donors (Lipinski definition) is 1. The first-order valence-corrected chi connectivity index (χ1v) is 14.0. The maximum absolute atomic E-state index is 13.3. The van der Waals surface area contributed by atoms with Crippen molar-refractivity contribution in [1.82, 2.24) is 23.9 Å². The van der Waals surface area contributed by atoms with Crippen molar-refractivity contribution < 1.29 is 8.42 Å². The van der Waals surface area contributed by atoms with Crippen LogP contribution in [0.2, 0.25) is 0 Å². The molecule has 3 aromatic heterocycles. The Bertz CT molecular complexity index is 1420. The smallest absolute Gasteiger partial charge is 0.239 e. The van der Waals surface area contributed by atoms with Crippen LogP contribution in [-0.4, -0.2) is 45.4 Å². The molecule has 3 aromatic rings. The number of anilines is 1. The van der Waals surface area contributed by atoms with Crippen LogP contribution in [0.15, 0.2) is 66.0 Å². The fourth-order valence-corrected chi connectivity index (χ4v) is 6.52. The monoisotopic (exact) mass is 504 g/mol. The van der Waals surface area contributed by atoms with Crippen LogP contribution < -0.4 is 5.32 Å². The second-order valence-electron chi connectivity index (χ2n) is 9.31. The zero-order chi connectivity index (χ0) is 25.1. The molecule has 0 unspecified atom stereocenters. The Morgan fingerprint density at radius 2 is 2.03 bits per heavy atom. The number of fused-ring (bicyclic) bond motifs is 1. The number of pyridine rings is 1. The molecule has 1 N–H and O–H groups in total. The van der Waals surface area contributed by atoms with Gasteiger partial charge in [0.1, 0.15) is 5.82 Å². The minimum absolute atomic E-state index is 0.167. The summed E-state index contributed by atoms with van der Waals surface area (Å²) < 4.78 is 29.9. The summed E-state index contributed by atoms with van der Waals surface area (Å²) in [7, 11) is -3.42. The Kier molecular flexibility index (Phi) is 7.02. The van der Waals surface area contributed by atoms with E-state index in [1.807, 2.05) is 30.5 Å². The third-order valence-electron chi connectivity index (χ3n) is 7.13. The van der Waals surface area contributed by atoms with Gasteiger partial charge in [-0.3, -0.25) is 4.98 Å². The van der Waals surface area contributed by atoms with Crippen molar-refractivity contribution in [2.24, 2.45) is 0 Å². The van der Waals surface area contributed by atoms with E-state index >= 15 is 0 Å². The summed E-state index contributed by atoms with van der Waals surface area (Å²) in [5.74, 6) is 1.01. The first-order chi connectivity index (χ1) is 17.5. The Balaban J connectivity index is 1.35. The van der Waals surface area contributed by atoms with Gasteiger partial charge in [0, 0.05) is 55.3 Å². The second-order valence-corrected chi connectivity index (χ2v) is 11.3. The lowest BCUT2D eigenvalue weighted by atomic mass is 9.94. The van der Waals surface area contributed by atoms with Crippen LogP contribution >= 0.6 is 0 Å². The molecule has 2 aliphatic rings. The van der Waals surface area contributed by atoms with E-state index in [0.717, 1.165) is 54.0 Å². The Morgan fingerprint density at radius 1 is 1.19 bits per heavy atom. The van der Waals surface area contributed by atoms with Gasteiger partial charge in [0.25, 0.3) is 0 Å². The van der Waals surface area contributed by atoms with Crippen molar-refractivity contribution in [3.63, 3.8) is 0 Å². The molecule has 0 spiro atoms. The third kappa shape index (κ3) is 4.85. The molecule has 1 aliphatic heterocycles. The number of piperidine rings is 1. The topological polar surface area (TPSA) is 92.5 Å². The predicted molar refractivity (Wildman–Crippen MR) is 143 cm³/mol. The molecule has 1 aliphatic carbocycles. The van der Waals surface area contributed by atoms with Crippen molar-refractivity contribution >= 4 is 27.6 Å². The van der Waals surface area contributed by atoms with Crippen LogP contribution in [0.25, 0.3) is 11.7 Å². The van der Waals surface area contributed by atoms with Crippen LogP contribution in [0.1, 0.15) is 61.8 Å². The number of sulfonamides is 1. The Labute approximate surface area is 212 Å². The normalized spacial score (nSPS) is 17.6. The molecule has 0 atom stereocenters. The molecule has 0 saturated carbocycles. The van der Waals surface area contributed by atoms with Gasteiger partial charge in [-0.15, -0.1) is 0 Å². The lowest BCUT2D eigenvalue weighted by Gasteiger charge is -2.32. The largest absolute Gasteiger partial charge is 0.366 e. The highest BCUT2D eigenvalue weighted by molar-refractivity contribution is 7.93. The van der Waals surface area contributed by atoms with Crippen molar-refractivity contribution in [1.29, 1.82) is 0 Å². The van der Waals surface area contributed by atoms with E-state index in [4.69, 9.17) is 4.98 Å². The van der Waals surface area contributed by atoms with Crippen LogP contribution in [-0.2, 0) is 16.6 Å². The lowest BCUT2D eigenvalue weighted by Crippen LogP contribution is -2.38. The van der Waals surface area contributed by atoms with Gasteiger partial charge in [-0.25, -0.2) is 13.4 Å². The fraction of sp³-hybridized carbons (Fsp3) is 0.370.